The second kappa shape index (κ2) is 8.76. The molecule has 6 rings (SSSR count). The Kier molecular flexibility index (Phi) is 5.79. The van der Waals surface area contributed by atoms with E-state index in [1.54, 1.807) is 6.33 Å². The van der Waals surface area contributed by atoms with Crippen LogP contribution in [0.25, 0.3) is 21.9 Å². The van der Waals surface area contributed by atoms with Crippen molar-refractivity contribution in [3.05, 3.63) is 58.6 Å². The van der Waals surface area contributed by atoms with Gasteiger partial charge < -0.3 is 25.3 Å². The number of rotatable bonds is 5. The molecule has 0 bridgehead atoms. The maximum Gasteiger partial charge on any atom is 0.143 e. The lowest BCUT2D eigenvalue weighted by Gasteiger charge is -2.26. The van der Waals surface area contributed by atoms with E-state index in [-0.39, 0.29) is 11.8 Å². The number of nitrogens with zero attached hydrogens (tertiary/aromatic N) is 4. The standard InChI is InChI=1S/C27H30BrN5O3/c1-14(2)22-18-6-8-33(26(18)31-13-30-22)12-21-23(34)27(35)7-5-17(24(27)36-21)9-15-3-4-16-11-19(28)25(29)32-20(16)10-15/h3-4,6,8,10-11,13-14,17,21,23-24,34-35H,5,7,9,12H2,1-2H3,(H2,29,32)/t17-,21-,23-,24+,27-/m0/s1. The topological polar surface area (TPSA) is 119 Å². The van der Waals surface area contributed by atoms with Crippen LogP contribution in [-0.4, -0.2) is 53.6 Å². The maximum atomic E-state index is 11.5. The number of anilines is 1. The van der Waals surface area contributed by atoms with E-state index in [4.69, 9.17) is 10.5 Å². The van der Waals surface area contributed by atoms with Crippen molar-refractivity contribution in [1.82, 2.24) is 19.5 Å². The predicted molar refractivity (Wildman–Crippen MR) is 142 cm³/mol. The molecular formula is C27H30BrN5O3. The van der Waals surface area contributed by atoms with Crippen molar-refractivity contribution >= 4 is 43.7 Å². The second-order valence-corrected chi connectivity index (χ2v) is 11.4. The first-order chi connectivity index (χ1) is 17.2. The van der Waals surface area contributed by atoms with Crippen LogP contribution in [0.3, 0.4) is 0 Å². The average Bonchev–Trinajstić information content (AvgIpc) is 3.47. The Morgan fingerprint density at radius 3 is 2.89 bits per heavy atom. The zero-order chi connectivity index (χ0) is 25.2. The second-order valence-electron chi connectivity index (χ2n) is 10.5. The molecule has 4 heterocycles. The number of nitrogens with two attached hydrogens (primary N) is 1. The van der Waals surface area contributed by atoms with Crippen LogP contribution >= 0.6 is 15.9 Å². The van der Waals surface area contributed by atoms with Crippen LogP contribution in [0.4, 0.5) is 5.82 Å². The minimum absolute atomic E-state index is 0.0937. The average molecular weight is 552 g/mol. The van der Waals surface area contributed by atoms with Crippen LogP contribution < -0.4 is 5.73 Å². The maximum absolute atomic E-state index is 11.5. The molecule has 2 aliphatic rings. The number of aliphatic hydroxyl groups excluding tert-OH is 1. The Labute approximate surface area is 217 Å². The lowest BCUT2D eigenvalue weighted by Crippen LogP contribution is -2.46. The van der Waals surface area contributed by atoms with Gasteiger partial charge in [0.1, 0.15) is 35.6 Å². The SMILES string of the molecule is CC(C)c1ncnc2c1ccn2C[C@@H]1O[C@@H]2[C@H](Cc3ccc4cc(Br)c(N)nc4c3)CC[C@]2(O)[C@H]1O. The van der Waals surface area contributed by atoms with Crippen LogP contribution in [0, 0.1) is 5.92 Å². The Morgan fingerprint density at radius 1 is 1.25 bits per heavy atom. The van der Waals surface area contributed by atoms with Crippen LogP contribution in [0.15, 0.2) is 47.3 Å². The number of ether oxygens (including phenoxy) is 1. The molecule has 0 radical (unpaired) electrons. The van der Waals surface area contributed by atoms with Crippen LogP contribution in [-0.2, 0) is 17.7 Å². The fraction of sp³-hybridized carbons (Fsp3) is 0.444. The van der Waals surface area contributed by atoms with Gasteiger partial charge in [-0.05, 0) is 70.8 Å². The number of hydrogen-bond acceptors (Lipinski definition) is 7. The first kappa shape index (κ1) is 23.8. The molecule has 8 nitrogen and oxygen atoms in total. The lowest BCUT2D eigenvalue weighted by molar-refractivity contribution is -0.0674. The lowest BCUT2D eigenvalue weighted by atomic mass is 9.89. The van der Waals surface area contributed by atoms with E-state index in [1.807, 2.05) is 29.0 Å². The van der Waals surface area contributed by atoms with E-state index in [9.17, 15) is 10.2 Å². The number of pyridine rings is 1. The number of hydrogen-bond donors (Lipinski definition) is 3. The van der Waals surface area contributed by atoms with Gasteiger partial charge in [-0.2, -0.15) is 0 Å². The normalized spacial score (nSPS) is 27.9. The number of fused-ring (bicyclic) bond motifs is 3. The molecule has 36 heavy (non-hydrogen) atoms. The van der Waals surface area contributed by atoms with Gasteiger partial charge in [0.2, 0.25) is 0 Å². The molecule has 0 spiro atoms. The molecule has 1 saturated heterocycles. The van der Waals surface area contributed by atoms with Gasteiger partial charge >= 0.3 is 0 Å². The molecular weight excluding hydrogens is 522 g/mol. The van der Waals surface area contributed by atoms with Gasteiger partial charge in [0, 0.05) is 17.0 Å². The summed E-state index contributed by atoms with van der Waals surface area (Å²) in [6, 6.07) is 10.2. The van der Waals surface area contributed by atoms with Crippen LogP contribution in [0.2, 0.25) is 0 Å². The summed E-state index contributed by atoms with van der Waals surface area (Å²) < 4.78 is 9.18. The van der Waals surface area contributed by atoms with Crippen molar-refractivity contribution in [1.29, 1.82) is 0 Å². The van der Waals surface area contributed by atoms with Gasteiger partial charge in [-0.15, -0.1) is 0 Å². The molecule has 9 heteroatoms. The van der Waals surface area contributed by atoms with Crippen molar-refractivity contribution in [2.75, 3.05) is 5.73 Å². The minimum atomic E-state index is -1.25. The molecule has 1 aliphatic heterocycles. The van der Waals surface area contributed by atoms with E-state index in [2.05, 4.69) is 56.9 Å². The fourth-order valence-corrected chi connectivity index (χ4v) is 6.39. The minimum Gasteiger partial charge on any atom is -0.387 e. The van der Waals surface area contributed by atoms with Gasteiger partial charge in [-0.1, -0.05) is 26.0 Å². The molecule has 188 valence electrons. The molecule has 0 unspecified atom stereocenters. The number of aliphatic hydroxyl groups is 2. The summed E-state index contributed by atoms with van der Waals surface area (Å²) in [5.41, 5.74) is 8.51. The van der Waals surface area contributed by atoms with Gasteiger partial charge in [0.15, 0.2) is 0 Å². The van der Waals surface area contributed by atoms with Gasteiger partial charge in [0.25, 0.3) is 0 Å². The highest BCUT2D eigenvalue weighted by Gasteiger charge is 2.60. The third-order valence-electron chi connectivity index (χ3n) is 7.89. The van der Waals surface area contributed by atoms with Gasteiger partial charge in [-0.25, -0.2) is 15.0 Å². The summed E-state index contributed by atoms with van der Waals surface area (Å²) >= 11 is 3.43. The Bertz CT molecular complexity index is 1460. The van der Waals surface area contributed by atoms with E-state index >= 15 is 0 Å². The first-order valence-corrected chi connectivity index (χ1v) is 13.2. The molecule has 4 aromatic rings. The molecule has 1 aromatic carbocycles. The smallest absolute Gasteiger partial charge is 0.143 e. The van der Waals surface area contributed by atoms with Crippen molar-refractivity contribution in [3.8, 4) is 0 Å². The number of nitrogen functional groups attached to an aromatic ring is 1. The monoisotopic (exact) mass is 551 g/mol. The summed E-state index contributed by atoms with van der Waals surface area (Å²) in [4.78, 5) is 13.4. The molecule has 3 aromatic heterocycles. The van der Waals surface area contributed by atoms with E-state index in [0.29, 0.717) is 18.8 Å². The largest absolute Gasteiger partial charge is 0.387 e. The summed E-state index contributed by atoms with van der Waals surface area (Å²) in [7, 11) is 0. The quantitative estimate of drug-likeness (QED) is 0.343. The van der Waals surface area contributed by atoms with Gasteiger partial charge in [0.05, 0.1) is 28.3 Å². The predicted octanol–water partition coefficient (Wildman–Crippen LogP) is 3.96. The molecule has 5 atom stereocenters. The zero-order valence-electron chi connectivity index (χ0n) is 20.3. The first-order valence-electron chi connectivity index (χ1n) is 12.4. The van der Waals surface area contributed by atoms with E-state index < -0.39 is 23.9 Å². The number of benzene rings is 1. The van der Waals surface area contributed by atoms with Crippen molar-refractivity contribution in [2.45, 2.75) is 69.5 Å². The van der Waals surface area contributed by atoms with Crippen LogP contribution in [0.1, 0.15) is 43.9 Å². The summed E-state index contributed by atoms with van der Waals surface area (Å²) in [6.07, 6.45) is 3.66. The van der Waals surface area contributed by atoms with E-state index in [1.165, 1.54) is 0 Å². The highest BCUT2D eigenvalue weighted by atomic mass is 79.9. The highest BCUT2D eigenvalue weighted by Crippen LogP contribution is 2.47. The molecule has 2 fully saturated rings. The summed E-state index contributed by atoms with van der Waals surface area (Å²) in [5, 5.41) is 24.7. The number of halogens is 1. The van der Waals surface area contributed by atoms with E-state index in [0.717, 1.165) is 50.5 Å². The molecule has 0 amide bonds. The van der Waals surface area contributed by atoms with Crippen molar-refractivity contribution in [2.24, 2.45) is 5.92 Å². The number of aromatic nitrogens is 4. The Morgan fingerprint density at radius 2 is 2.08 bits per heavy atom. The Hall–Kier alpha value is -2.59. The zero-order valence-corrected chi connectivity index (χ0v) is 21.9. The third kappa shape index (κ3) is 3.80. The molecule has 1 aliphatic carbocycles. The molecule has 4 N–H and O–H groups in total. The summed E-state index contributed by atoms with van der Waals surface area (Å²) in [6.45, 7) is 4.64. The summed E-state index contributed by atoms with van der Waals surface area (Å²) in [5.74, 6) is 0.836. The van der Waals surface area contributed by atoms with Crippen molar-refractivity contribution in [3.63, 3.8) is 0 Å². The molecule has 1 saturated carbocycles. The highest BCUT2D eigenvalue weighted by molar-refractivity contribution is 9.10. The van der Waals surface area contributed by atoms with Crippen molar-refractivity contribution < 1.29 is 14.9 Å². The Balaban J connectivity index is 1.23. The third-order valence-corrected chi connectivity index (χ3v) is 8.53. The fourth-order valence-electron chi connectivity index (χ4n) is 6.06. The van der Waals surface area contributed by atoms with Crippen LogP contribution in [0.5, 0.6) is 0 Å². The van der Waals surface area contributed by atoms with Gasteiger partial charge in [-0.3, -0.25) is 0 Å².